The number of likely N-dealkylation sites (N-methyl/N-ethyl adjacent to an activating group) is 1. The first-order valence-corrected chi connectivity index (χ1v) is 7.47. The maximum Gasteiger partial charge on any atom is 0.236 e. The van der Waals surface area contributed by atoms with Crippen molar-refractivity contribution in [3.05, 3.63) is 0 Å². The topological polar surface area (TPSA) is 35.6 Å². The van der Waals surface area contributed by atoms with E-state index >= 15 is 0 Å². The van der Waals surface area contributed by atoms with Gasteiger partial charge >= 0.3 is 0 Å². The highest BCUT2D eigenvalue weighted by atomic mass is 35.5. The molecule has 1 amide bonds. The molecule has 1 atom stereocenters. The number of amides is 1. The highest BCUT2D eigenvalue weighted by molar-refractivity contribution is 5.85. The summed E-state index contributed by atoms with van der Waals surface area (Å²) in [5.41, 5.74) is 0. The molecule has 120 valence electrons. The predicted molar refractivity (Wildman–Crippen MR) is 88.0 cm³/mol. The Bertz CT molecular complexity index is 284. The molecular weight excluding hydrogens is 297 g/mol. The fourth-order valence-electron chi connectivity index (χ4n) is 2.82. The molecule has 2 aliphatic rings. The lowest BCUT2D eigenvalue weighted by Gasteiger charge is -2.26. The van der Waals surface area contributed by atoms with E-state index in [1.807, 2.05) is 4.90 Å². The lowest BCUT2D eigenvalue weighted by atomic mass is 10.2. The Morgan fingerprint density at radius 2 is 1.85 bits per heavy atom. The van der Waals surface area contributed by atoms with Gasteiger partial charge in [0.2, 0.25) is 5.91 Å². The molecule has 1 saturated carbocycles. The fraction of sp³-hybridized carbons (Fsp3) is 0.929. The van der Waals surface area contributed by atoms with Gasteiger partial charge in [-0.2, -0.15) is 0 Å². The Labute approximate surface area is 135 Å². The van der Waals surface area contributed by atoms with Crippen molar-refractivity contribution in [3.8, 4) is 0 Å². The first-order valence-electron chi connectivity index (χ1n) is 7.47. The van der Waals surface area contributed by atoms with E-state index in [1.54, 1.807) is 0 Å². The van der Waals surface area contributed by atoms with Gasteiger partial charge < -0.3 is 10.2 Å². The van der Waals surface area contributed by atoms with Gasteiger partial charge in [0.15, 0.2) is 0 Å². The van der Waals surface area contributed by atoms with Crippen molar-refractivity contribution in [1.82, 2.24) is 15.1 Å². The van der Waals surface area contributed by atoms with Crippen LogP contribution in [-0.2, 0) is 4.79 Å². The van der Waals surface area contributed by atoms with Crippen molar-refractivity contribution in [2.45, 2.75) is 39.2 Å². The van der Waals surface area contributed by atoms with Crippen LogP contribution in [0.15, 0.2) is 0 Å². The smallest absolute Gasteiger partial charge is 0.236 e. The molecule has 0 aromatic heterocycles. The molecule has 4 nitrogen and oxygen atoms in total. The first kappa shape index (κ1) is 20.0. The fourth-order valence-corrected chi connectivity index (χ4v) is 2.82. The summed E-state index contributed by atoms with van der Waals surface area (Å²) in [5.74, 6) is 1.13. The number of carbonyl (C=O) groups is 1. The molecule has 0 spiro atoms. The molecule has 6 heteroatoms. The molecule has 2 fully saturated rings. The molecule has 1 aliphatic carbocycles. The molecule has 1 aliphatic heterocycles. The summed E-state index contributed by atoms with van der Waals surface area (Å²) < 4.78 is 0. The third-order valence-electron chi connectivity index (χ3n) is 4.25. The minimum absolute atomic E-state index is 0. The molecule has 1 heterocycles. The summed E-state index contributed by atoms with van der Waals surface area (Å²) in [5, 5.41) is 3.29. The van der Waals surface area contributed by atoms with Gasteiger partial charge in [0.25, 0.3) is 0 Å². The maximum absolute atomic E-state index is 12.0. The van der Waals surface area contributed by atoms with Crippen LogP contribution >= 0.6 is 24.8 Å². The highest BCUT2D eigenvalue weighted by Crippen LogP contribution is 2.27. The second-order valence-corrected chi connectivity index (χ2v) is 5.58. The number of likely N-dealkylation sites (tertiary alicyclic amines) is 1. The van der Waals surface area contributed by atoms with Crippen LogP contribution in [0.5, 0.6) is 0 Å². The summed E-state index contributed by atoms with van der Waals surface area (Å²) in [6, 6.07) is 0.576. The number of nitrogens with zero attached hydrogens (tertiary/aromatic N) is 2. The zero-order valence-electron chi connectivity index (χ0n) is 12.6. The van der Waals surface area contributed by atoms with Gasteiger partial charge in [0.1, 0.15) is 0 Å². The van der Waals surface area contributed by atoms with Crippen molar-refractivity contribution in [2.24, 2.45) is 5.92 Å². The number of halogens is 2. The Kier molecular flexibility index (Phi) is 9.81. The summed E-state index contributed by atoms with van der Waals surface area (Å²) in [6.45, 7) is 9.99. The third-order valence-corrected chi connectivity index (χ3v) is 4.25. The highest BCUT2D eigenvalue weighted by Gasteiger charge is 2.29. The predicted octanol–water partition coefficient (Wildman–Crippen LogP) is 1.77. The standard InChI is InChI=1S/C14H27N3O.2ClH/c1-3-16(4-2)13-7-8-17(11-13)14(18)10-15-9-12-5-6-12;;/h12-13,15H,3-11H2,1-2H3;2*1H. The van der Waals surface area contributed by atoms with Gasteiger partial charge in [-0.1, -0.05) is 13.8 Å². The van der Waals surface area contributed by atoms with E-state index in [4.69, 9.17) is 0 Å². The molecule has 0 aromatic rings. The van der Waals surface area contributed by atoms with E-state index in [1.165, 1.54) is 12.8 Å². The van der Waals surface area contributed by atoms with Crippen molar-refractivity contribution in [2.75, 3.05) is 39.3 Å². The Balaban J connectivity index is 0.00000180. The van der Waals surface area contributed by atoms with Gasteiger partial charge in [0, 0.05) is 19.1 Å². The van der Waals surface area contributed by atoms with E-state index in [0.717, 1.165) is 45.1 Å². The number of carbonyl (C=O) groups excluding carboxylic acids is 1. The SMILES string of the molecule is CCN(CC)C1CCN(C(=O)CNCC2CC2)C1.Cl.Cl. The molecule has 1 unspecified atom stereocenters. The van der Waals surface area contributed by atoms with Crippen molar-refractivity contribution < 1.29 is 4.79 Å². The summed E-state index contributed by atoms with van der Waals surface area (Å²) in [4.78, 5) is 16.5. The van der Waals surface area contributed by atoms with Crippen LogP contribution in [0, 0.1) is 5.92 Å². The zero-order valence-corrected chi connectivity index (χ0v) is 14.3. The summed E-state index contributed by atoms with van der Waals surface area (Å²) in [6.07, 6.45) is 3.82. The van der Waals surface area contributed by atoms with Crippen LogP contribution in [0.4, 0.5) is 0 Å². The molecule has 0 radical (unpaired) electrons. The molecular formula is C14H29Cl2N3O. The van der Waals surface area contributed by atoms with Crippen LogP contribution in [0.25, 0.3) is 0 Å². The molecule has 20 heavy (non-hydrogen) atoms. The van der Waals surface area contributed by atoms with Crippen molar-refractivity contribution in [3.63, 3.8) is 0 Å². The van der Waals surface area contributed by atoms with Crippen LogP contribution in [0.3, 0.4) is 0 Å². The van der Waals surface area contributed by atoms with E-state index in [9.17, 15) is 4.79 Å². The molecule has 1 saturated heterocycles. The van der Waals surface area contributed by atoms with Crippen LogP contribution in [0.2, 0.25) is 0 Å². The van der Waals surface area contributed by atoms with Gasteiger partial charge in [-0.05, 0) is 44.8 Å². The molecule has 2 rings (SSSR count). The number of nitrogens with one attached hydrogen (secondary N) is 1. The normalized spacial score (nSPS) is 21.6. The summed E-state index contributed by atoms with van der Waals surface area (Å²) in [7, 11) is 0. The number of rotatable bonds is 7. The molecule has 1 N–H and O–H groups in total. The largest absolute Gasteiger partial charge is 0.340 e. The van der Waals surface area contributed by atoms with Crippen molar-refractivity contribution in [1.29, 1.82) is 0 Å². The second kappa shape index (κ2) is 9.82. The third kappa shape index (κ3) is 5.76. The van der Waals surface area contributed by atoms with E-state index in [0.29, 0.717) is 12.6 Å². The Morgan fingerprint density at radius 1 is 1.20 bits per heavy atom. The quantitative estimate of drug-likeness (QED) is 0.775. The van der Waals surface area contributed by atoms with E-state index in [2.05, 4.69) is 24.1 Å². The van der Waals surface area contributed by atoms with Crippen molar-refractivity contribution >= 4 is 30.7 Å². The average molecular weight is 326 g/mol. The maximum atomic E-state index is 12.0. The van der Waals surface area contributed by atoms with Gasteiger partial charge in [-0.3, -0.25) is 9.69 Å². The van der Waals surface area contributed by atoms with Gasteiger partial charge in [0.05, 0.1) is 6.54 Å². The van der Waals surface area contributed by atoms with Crippen LogP contribution < -0.4 is 5.32 Å². The lowest BCUT2D eigenvalue weighted by molar-refractivity contribution is -0.129. The first-order chi connectivity index (χ1) is 8.74. The Hall–Kier alpha value is -0.0300. The number of hydrogen-bond acceptors (Lipinski definition) is 3. The molecule has 0 aromatic carbocycles. The van der Waals surface area contributed by atoms with Gasteiger partial charge in [-0.25, -0.2) is 0 Å². The lowest BCUT2D eigenvalue weighted by Crippen LogP contribution is -2.41. The zero-order chi connectivity index (χ0) is 13.0. The van der Waals surface area contributed by atoms with Crippen LogP contribution in [0.1, 0.15) is 33.1 Å². The molecule has 0 bridgehead atoms. The second-order valence-electron chi connectivity index (χ2n) is 5.58. The minimum atomic E-state index is 0. The average Bonchev–Trinajstić information content (AvgIpc) is 3.06. The van der Waals surface area contributed by atoms with E-state index < -0.39 is 0 Å². The summed E-state index contributed by atoms with van der Waals surface area (Å²) >= 11 is 0. The Morgan fingerprint density at radius 3 is 2.40 bits per heavy atom. The minimum Gasteiger partial charge on any atom is -0.340 e. The van der Waals surface area contributed by atoms with Gasteiger partial charge in [-0.15, -0.1) is 24.8 Å². The van der Waals surface area contributed by atoms with Crippen LogP contribution in [-0.4, -0.2) is 61.0 Å². The monoisotopic (exact) mass is 325 g/mol. The number of hydrogen-bond donors (Lipinski definition) is 1. The van der Waals surface area contributed by atoms with E-state index in [-0.39, 0.29) is 30.7 Å².